The first-order valence-electron chi connectivity index (χ1n) is 7.47. The number of aliphatic hydroxyl groups excluding tert-OH is 1. The van der Waals surface area contributed by atoms with Crippen molar-refractivity contribution in [3.63, 3.8) is 0 Å². The molecule has 2 rings (SSSR count). The van der Waals surface area contributed by atoms with Crippen molar-refractivity contribution in [3.8, 4) is 0 Å². The first-order valence-corrected chi connectivity index (χ1v) is 7.91. The van der Waals surface area contributed by atoms with Crippen molar-refractivity contribution < 1.29 is 14.6 Å². The molecule has 1 aromatic rings. The summed E-state index contributed by atoms with van der Waals surface area (Å²) in [4.78, 5) is 14.6. The lowest BCUT2D eigenvalue weighted by atomic mass is 9.86. The van der Waals surface area contributed by atoms with Crippen molar-refractivity contribution in [2.24, 2.45) is 0 Å². The zero-order valence-electron chi connectivity index (χ0n) is 14.1. The number of amides is 1. The molecule has 0 radical (unpaired) electrons. The first kappa shape index (κ1) is 17.2. The summed E-state index contributed by atoms with van der Waals surface area (Å²) in [5, 5.41) is 10.3. The Morgan fingerprint density at radius 2 is 1.86 bits per heavy atom. The van der Waals surface area contributed by atoms with Crippen LogP contribution in [0.5, 0.6) is 0 Å². The molecule has 1 N–H and O–H groups in total. The zero-order chi connectivity index (χ0) is 16.9. The number of fused-ring (bicyclic) bond motifs is 1. The van der Waals surface area contributed by atoms with Gasteiger partial charge in [-0.15, -0.1) is 12.6 Å². The molecule has 1 heterocycles. The van der Waals surface area contributed by atoms with E-state index >= 15 is 0 Å². The summed E-state index contributed by atoms with van der Waals surface area (Å²) in [6.45, 7) is 11.7. The third kappa shape index (κ3) is 3.41. The highest BCUT2D eigenvalue weighted by Crippen LogP contribution is 2.39. The maximum atomic E-state index is 12.4. The normalized spacial score (nSPS) is 18.4. The summed E-state index contributed by atoms with van der Waals surface area (Å²) in [6, 6.07) is 3.88. The highest BCUT2D eigenvalue weighted by atomic mass is 32.1. The van der Waals surface area contributed by atoms with Gasteiger partial charge in [0.2, 0.25) is 0 Å². The Bertz CT molecular complexity index is 599. The molecule has 4 nitrogen and oxygen atoms in total. The minimum atomic E-state index is -0.896. The number of ether oxygens (including phenoxy) is 1. The number of nitrogens with zero attached hydrogens (tertiary/aromatic N) is 1. The van der Waals surface area contributed by atoms with E-state index in [2.05, 4.69) is 33.4 Å². The Kier molecular flexibility index (Phi) is 4.26. The Balaban J connectivity index is 2.45. The van der Waals surface area contributed by atoms with Gasteiger partial charge < -0.3 is 9.84 Å². The van der Waals surface area contributed by atoms with Crippen molar-refractivity contribution in [2.45, 2.75) is 70.1 Å². The van der Waals surface area contributed by atoms with Gasteiger partial charge in [0, 0.05) is 11.3 Å². The summed E-state index contributed by atoms with van der Waals surface area (Å²) < 4.78 is 5.41. The number of hydrogen-bond acceptors (Lipinski definition) is 4. The van der Waals surface area contributed by atoms with Gasteiger partial charge in [-0.05, 0) is 49.4 Å². The van der Waals surface area contributed by atoms with E-state index in [0.717, 1.165) is 16.0 Å². The van der Waals surface area contributed by atoms with E-state index in [0.29, 0.717) is 12.1 Å². The molecule has 1 unspecified atom stereocenters. The van der Waals surface area contributed by atoms with Crippen molar-refractivity contribution in [1.29, 1.82) is 0 Å². The summed E-state index contributed by atoms with van der Waals surface area (Å²) in [7, 11) is 0. The van der Waals surface area contributed by atoms with Gasteiger partial charge in [0.25, 0.3) is 0 Å². The van der Waals surface area contributed by atoms with Gasteiger partial charge in [0.15, 0.2) is 0 Å². The Morgan fingerprint density at radius 3 is 2.36 bits per heavy atom. The smallest absolute Gasteiger partial charge is 0.416 e. The van der Waals surface area contributed by atoms with Crippen LogP contribution in [0.1, 0.15) is 52.7 Å². The predicted molar refractivity (Wildman–Crippen MR) is 90.8 cm³/mol. The zero-order valence-corrected chi connectivity index (χ0v) is 15.0. The molecule has 0 saturated heterocycles. The van der Waals surface area contributed by atoms with Gasteiger partial charge >= 0.3 is 6.09 Å². The highest BCUT2D eigenvalue weighted by molar-refractivity contribution is 7.80. The average molecular weight is 323 g/mol. The predicted octanol–water partition coefficient (Wildman–Crippen LogP) is 3.89. The molecule has 1 atom stereocenters. The van der Waals surface area contributed by atoms with Crippen LogP contribution in [0.4, 0.5) is 10.5 Å². The third-order valence-corrected chi connectivity index (χ3v) is 3.93. The van der Waals surface area contributed by atoms with Crippen LogP contribution < -0.4 is 4.90 Å². The highest BCUT2D eigenvalue weighted by Gasteiger charge is 2.36. The monoisotopic (exact) mass is 323 g/mol. The largest absolute Gasteiger partial charge is 0.443 e. The number of rotatable bonds is 0. The average Bonchev–Trinajstić information content (AvgIpc) is 2.59. The van der Waals surface area contributed by atoms with E-state index in [4.69, 9.17) is 4.74 Å². The van der Waals surface area contributed by atoms with Gasteiger partial charge in [-0.2, -0.15) is 0 Å². The lowest BCUT2D eigenvalue weighted by Gasteiger charge is -2.28. The fourth-order valence-electron chi connectivity index (χ4n) is 2.59. The number of carbonyl (C=O) groups excluding carboxylic acids is 1. The number of aliphatic hydroxyl groups is 1. The molecule has 0 aromatic heterocycles. The number of carbonyl (C=O) groups is 1. The van der Waals surface area contributed by atoms with Crippen LogP contribution in [-0.4, -0.2) is 23.0 Å². The second kappa shape index (κ2) is 5.46. The minimum Gasteiger partial charge on any atom is -0.443 e. The molecule has 1 aromatic carbocycles. The van der Waals surface area contributed by atoms with E-state index in [9.17, 15) is 9.90 Å². The van der Waals surface area contributed by atoms with Gasteiger partial charge in [-0.1, -0.05) is 20.8 Å². The van der Waals surface area contributed by atoms with Crippen LogP contribution in [0.2, 0.25) is 0 Å². The maximum Gasteiger partial charge on any atom is 0.416 e. The van der Waals surface area contributed by atoms with Crippen LogP contribution in [0.25, 0.3) is 0 Å². The molecule has 1 amide bonds. The Hall–Kier alpha value is -1.20. The van der Waals surface area contributed by atoms with Crippen LogP contribution >= 0.6 is 12.6 Å². The van der Waals surface area contributed by atoms with Gasteiger partial charge in [0.05, 0.1) is 5.69 Å². The minimum absolute atomic E-state index is 0.0980. The van der Waals surface area contributed by atoms with Crippen molar-refractivity contribution >= 4 is 24.4 Å². The molecule has 0 aliphatic carbocycles. The SMILES string of the molecule is CC(C)(C)OC(=O)N1c2cc(C(C)(C)C)c(S)cc2CC1O. The Morgan fingerprint density at radius 1 is 1.27 bits per heavy atom. The van der Waals surface area contributed by atoms with Crippen molar-refractivity contribution in [2.75, 3.05) is 4.90 Å². The number of benzene rings is 1. The molecule has 0 spiro atoms. The molecule has 1 aliphatic heterocycles. The molecule has 22 heavy (non-hydrogen) atoms. The van der Waals surface area contributed by atoms with Crippen molar-refractivity contribution in [3.05, 3.63) is 23.3 Å². The first-order chi connectivity index (χ1) is 9.90. The summed E-state index contributed by atoms with van der Waals surface area (Å²) in [6.07, 6.45) is -1.02. The Labute approximate surface area is 137 Å². The number of anilines is 1. The van der Waals surface area contributed by atoms with Crippen LogP contribution in [0.3, 0.4) is 0 Å². The number of hydrogen-bond donors (Lipinski definition) is 2. The molecule has 122 valence electrons. The summed E-state index contributed by atoms with van der Waals surface area (Å²) in [5.74, 6) is 0. The van der Waals surface area contributed by atoms with Crippen LogP contribution in [0.15, 0.2) is 17.0 Å². The van der Waals surface area contributed by atoms with Gasteiger partial charge in [-0.3, -0.25) is 4.90 Å². The molecular weight excluding hydrogens is 298 g/mol. The number of thiol groups is 1. The summed E-state index contributed by atoms with van der Waals surface area (Å²) >= 11 is 4.55. The topological polar surface area (TPSA) is 49.8 Å². The molecule has 5 heteroatoms. The quantitative estimate of drug-likeness (QED) is 0.712. The van der Waals surface area contributed by atoms with E-state index < -0.39 is 17.9 Å². The van der Waals surface area contributed by atoms with Crippen LogP contribution in [0, 0.1) is 0 Å². The van der Waals surface area contributed by atoms with E-state index in [1.807, 2.05) is 32.9 Å². The van der Waals surface area contributed by atoms with Crippen molar-refractivity contribution in [1.82, 2.24) is 0 Å². The molecular formula is C17H25NO3S. The van der Waals surface area contributed by atoms with Crippen LogP contribution in [-0.2, 0) is 16.6 Å². The molecule has 0 fully saturated rings. The van der Waals surface area contributed by atoms with E-state index in [1.54, 1.807) is 0 Å². The molecule has 1 aliphatic rings. The second-order valence-corrected chi connectivity index (χ2v) is 8.26. The van der Waals surface area contributed by atoms with E-state index in [-0.39, 0.29) is 5.41 Å². The van der Waals surface area contributed by atoms with Gasteiger partial charge in [0.1, 0.15) is 11.8 Å². The fraction of sp³-hybridized carbons (Fsp3) is 0.588. The lowest BCUT2D eigenvalue weighted by molar-refractivity contribution is 0.0490. The molecule has 0 bridgehead atoms. The third-order valence-electron chi connectivity index (χ3n) is 3.56. The lowest BCUT2D eigenvalue weighted by Crippen LogP contribution is -2.41. The second-order valence-electron chi connectivity index (χ2n) is 7.78. The standard InChI is InChI=1S/C17H25NO3S/c1-16(2,3)11-9-12-10(7-13(11)22)8-14(19)18(12)15(20)21-17(4,5)6/h7,9,14,19,22H,8H2,1-6H3. The maximum absolute atomic E-state index is 12.4. The van der Waals surface area contributed by atoms with E-state index in [1.165, 1.54) is 4.90 Å². The van der Waals surface area contributed by atoms with Gasteiger partial charge in [-0.25, -0.2) is 4.79 Å². The fourth-order valence-corrected chi connectivity index (χ4v) is 3.14. The summed E-state index contributed by atoms with van der Waals surface area (Å²) in [5.41, 5.74) is 1.97. The molecule has 0 saturated carbocycles.